The molecule has 0 bridgehead atoms. The highest BCUT2D eigenvalue weighted by atomic mass is 31.2. The number of rotatable bonds is 10. The Morgan fingerprint density at radius 1 is 1.08 bits per heavy atom. The van der Waals surface area contributed by atoms with Crippen molar-refractivity contribution in [1.29, 1.82) is 0 Å². The first-order valence-electron chi connectivity index (χ1n) is 6.93. The number of carbonyl (C=O) groups is 2. The van der Waals surface area contributed by atoms with E-state index in [1.165, 1.54) is 33.5 Å². The molecule has 3 N–H and O–H groups in total. The van der Waals surface area contributed by atoms with Gasteiger partial charge < -0.3 is 29.3 Å². The van der Waals surface area contributed by atoms with Crippen LogP contribution in [0, 0.1) is 0 Å². The number of aliphatic carboxylic acids is 2. The van der Waals surface area contributed by atoms with E-state index in [2.05, 4.69) is 0 Å². The molecule has 1 rings (SSSR count). The highest BCUT2D eigenvalue weighted by Crippen LogP contribution is 2.49. The number of methoxy groups -OCH3 is 3. The largest absolute Gasteiger partial charge is 0.493 e. The third-order valence-corrected chi connectivity index (χ3v) is 4.66. The molecule has 10 nitrogen and oxygen atoms in total. The van der Waals surface area contributed by atoms with E-state index >= 15 is 0 Å². The quantitative estimate of drug-likeness (QED) is 0.500. The van der Waals surface area contributed by atoms with E-state index in [1.54, 1.807) is 0 Å². The third kappa shape index (κ3) is 5.09. The van der Waals surface area contributed by atoms with Crippen molar-refractivity contribution in [2.45, 2.75) is 18.9 Å². The molecule has 1 aromatic carbocycles. The van der Waals surface area contributed by atoms with Crippen molar-refractivity contribution in [2.75, 3.05) is 21.3 Å². The zero-order valence-electron chi connectivity index (χ0n) is 13.8. The Morgan fingerprint density at radius 2 is 1.68 bits per heavy atom. The highest BCUT2D eigenvalue weighted by molar-refractivity contribution is 7.61. The van der Waals surface area contributed by atoms with Crippen molar-refractivity contribution in [3.8, 4) is 17.2 Å². The molecule has 2 atom stereocenters. The maximum atomic E-state index is 12.6. The molecular formula is C14H19O10P. The Hall–Kier alpha value is -2.29. The van der Waals surface area contributed by atoms with Gasteiger partial charge in [0.15, 0.2) is 17.6 Å². The van der Waals surface area contributed by atoms with Crippen LogP contribution in [0.2, 0.25) is 0 Å². The highest BCUT2D eigenvalue weighted by Gasteiger charge is 2.36. The summed E-state index contributed by atoms with van der Waals surface area (Å²) in [5, 5.41) is 17.4. The molecule has 0 saturated heterocycles. The van der Waals surface area contributed by atoms with Gasteiger partial charge in [0.25, 0.3) is 0 Å². The van der Waals surface area contributed by atoms with E-state index in [1.807, 2.05) is 0 Å². The van der Waals surface area contributed by atoms with Crippen LogP contribution in [0.5, 0.6) is 17.2 Å². The molecule has 0 aliphatic rings. The van der Waals surface area contributed by atoms with Gasteiger partial charge in [-0.3, -0.25) is 13.9 Å². The van der Waals surface area contributed by atoms with Crippen LogP contribution in [-0.4, -0.2) is 54.5 Å². The van der Waals surface area contributed by atoms with Crippen molar-refractivity contribution in [3.05, 3.63) is 12.1 Å². The molecular weight excluding hydrogens is 359 g/mol. The van der Waals surface area contributed by atoms with Crippen molar-refractivity contribution in [3.63, 3.8) is 0 Å². The maximum Gasteiger partial charge on any atom is 0.363 e. The Morgan fingerprint density at radius 3 is 2.12 bits per heavy atom. The van der Waals surface area contributed by atoms with Crippen LogP contribution < -0.4 is 19.5 Å². The molecule has 0 aliphatic carbocycles. The Bertz CT molecular complexity index is 686. The van der Waals surface area contributed by atoms with Gasteiger partial charge in [-0.05, 0) is 18.6 Å². The van der Waals surface area contributed by atoms with Crippen LogP contribution in [0.15, 0.2) is 12.1 Å². The monoisotopic (exact) mass is 378 g/mol. The predicted molar refractivity (Wildman–Crippen MR) is 84.9 cm³/mol. The third-order valence-electron chi connectivity index (χ3n) is 3.15. The summed E-state index contributed by atoms with van der Waals surface area (Å²) in [5.74, 6) is -2.72. The minimum absolute atomic E-state index is 0.0257. The molecule has 0 radical (unpaired) electrons. The van der Waals surface area contributed by atoms with Crippen molar-refractivity contribution in [1.82, 2.24) is 0 Å². The lowest BCUT2D eigenvalue weighted by atomic mass is 10.2. The molecule has 0 spiro atoms. The summed E-state index contributed by atoms with van der Waals surface area (Å²) in [7, 11) is -0.800. The standard InChI is InChI=1S/C14H19O10P/c1-21-8-4-6-10(13(23-3)12(8)22-2)25(19,20)24-9(14(17)18)5-7-11(15)16/h4,6,9H,5,7H2,1-3H3,(H,15,16)(H,17,18)(H,19,20). The van der Waals surface area contributed by atoms with Crippen molar-refractivity contribution >= 4 is 24.8 Å². The minimum Gasteiger partial charge on any atom is -0.493 e. The molecule has 11 heteroatoms. The SMILES string of the molecule is COc1ccc(P(=O)(O)OC(CCC(=O)O)C(=O)O)c(OC)c1OC. The van der Waals surface area contributed by atoms with Gasteiger partial charge >= 0.3 is 19.5 Å². The van der Waals surface area contributed by atoms with Gasteiger partial charge in [-0.25, -0.2) is 4.79 Å². The summed E-state index contributed by atoms with van der Waals surface area (Å²) < 4.78 is 32.6. The molecule has 140 valence electrons. The van der Waals surface area contributed by atoms with Gasteiger partial charge in [-0.2, -0.15) is 0 Å². The average Bonchev–Trinajstić information content (AvgIpc) is 2.56. The van der Waals surface area contributed by atoms with Crippen LogP contribution in [-0.2, 0) is 18.7 Å². The first-order chi connectivity index (χ1) is 11.7. The Labute approximate surface area is 143 Å². The second-order valence-electron chi connectivity index (χ2n) is 4.74. The summed E-state index contributed by atoms with van der Waals surface area (Å²) in [4.78, 5) is 32.0. The number of benzene rings is 1. The average molecular weight is 378 g/mol. The van der Waals surface area contributed by atoms with Gasteiger partial charge in [0.05, 0.1) is 21.3 Å². The fourth-order valence-corrected chi connectivity index (χ4v) is 3.38. The summed E-state index contributed by atoms with van der Waals surface area (Å²) in [5.41, 5.74) is 0. The number of hydrogen-bond acceptors (Lipinski definition) is 7. The lowest BCUT2D eigenvalue weighted by Crippen LogP contribution is -2.26. The molecule has 2 unspecified atom stereocenters. The number of carboxylic acids is 2. The first-order valence-corrected chi connectivity index (χ1v) is 8.51. The second-order valence-corrected chi connectivity index (χ2v) is 6.47. The molecule has 0 aliphatic heterocycles. The summed E-state index contributed by atoms with van der Waals surface area (Å²) >= 11 is 0. The van der Waals surface area contributed by atoms with E-state index in [9.17, 15) is 19.0 Å². The summed E-state index contributed by atoms with van der Waals surface area (Å²) in [6, 6.07) is 2.51. The zero-order valence-corrected chi connectivity index (χ0v) is 14.7. The van der Waals surface area contributed by atoms with Gasteiger partial charge in [0.1, 0.15) is 5.30 Å². The second kappa shape index (κ2) is 8.70. The van der Waals surface area contributed by atoms with E-state index in [4.69, 9.17) is 28.9 Å². The Kier molecular flexibility index (Phi) is 7.22. The molecule has 0 amide bonds. The molecule has 25 heavy (non-hydrogen) atoms. The summed E-state index contributed by atoms with van der Waals surface area (Å²) in [6.07, 6.45) is -2.81. The van der Waals surface area contributed by atoms with Gasteiger partial charge in [-0.1, -0.05) is 0 Å². The molecule has 0 saturated carbocycles. The van der Waals surface area contributed by atoms with E-state index in [-0.39, 0.29) is 22.6 Å². The minimum atomic E-state index is -4.67. The predicted octanol–water partition coefficient (Wildman–Crippen LogP) is 0.858. The zero-order chi connectivity index (χ0) is 19.2. The summed E-state index contributed by atoms with van der Waals surface area (Å²) in [6.45, 7) is 0. The lowest BCUT2D eigenvalue weighted by Gasteiger charge is -2.21. The van der Waals surface area contributed by atoms with Crippen molar-refractivity contribution in [2.24, 2.45) is 0 Å². The normalized spacial score (nSPS) is 14.2. The molecule has 1 aromatic rings. The first kappa shape index (κ1) is 20.8. The van der Waals surface area contributed by atoms with Crippen LogP contribution in [0.3, 0.4) is 0 Å². The Balaban J connectivity index is 3.25. The van der Waals surface area contributed by atoms with Gasteiger partial charge in [0.2, 0.25) is 5.75 Å². The topological polar surface area (TPSA) is 149 Å². The van der Waals surface area contributed by atoms with Crippen molar-refractivity contribution < 1.29 is 48.0 Å². The molecule has 0 aromatic heterocycles. The van der Waals surface area contributed by atoms with Crippen LogP contribution in [0.25, 0.3) is 0 Å². The molecule has 0 fully saturated rings. The lowest BCUT2D eigenvalue weighted by molar-refractivity contribution is -0.146. The van der Waals surface area contributed by atoms with Crippen LogP contribution in [0.1, 0.15) is 12.8 Å². The van der Waals surface area contributed by atoms with E-state index < -0.39 is 38.5 Å². The van der Waals surface area contributed by atoms with Crippen LogP contribution in [0.4, 0.5) is 0 Å². The van der Waals surface area contributed by atoms with E-state index in [0.717, 1.165) is 0 Å². The van der Waals surface area contributed by atoms with Crippen LogP contribution >= 0.6 is 7.60 Å². The fraction of sp³-hybridized carbons (Fsp3) is 0.429. The van der Waals surface area contributed by atoms with Gasteiger partial charge in [-0.15, -0.1) is 0 Å². The van der Waals surface area contributed by atoms with Gasteiger partial charge in [0, 0.05) is 6.42 Å². The number of hydrogen-bond donors (Lipinski definition) is 3. The number of carboxylic acid groups (broad SMARTS) is 2. The fourth-order valence-electron chi connectivity index (χ4n) is 2.01. The number of ether oxygens (including phenoxy) is 3. The maximum absolute atomic E-state index is 12.6. The smallest absolute Gasteiger partial charge is 0.363 e. The van der Waals surface area contributed by atoms with E-state index in [0.29, 0.717) is 0 Å². The molecule has 0 heterocycles.